The monoisotopic (exact) mass is 440 g/mol. The predicted molar refractivity (Wildman–Crippen MR) is 110 cm³/mol. The molecule has 31 heavy (non-hydrogen) atoms. The molecule has 1 saturated heterocycles. The summed E-state index contributed by atoms with van der Waals surface area (Å²) in [5, 5.41) is 6.37. The van der Waals surface area contributed by atoms with Crippen molar-refractivity contribution in [2.24, 2.45) is 4.99 Å². The lowest BCUT2D eigenvalue weighted by Crippen LogP contribution is -2.44. The average Bonchev–Trinajstić information content (AvgIpc) is 3.20. The van der Waals surface area contributed by atoms with Crippen molar-refractivity contribution >= 4 is 11.6 Å². The van der Waals surface area contributed by atoms with Crippen molar-refractivity contribution in [3.63, 3.8) is 0 Å². The SMILES string of the molecule is CN=C(NCc1ccccc1OC(F)F)NC1CCN(c2ccccc2OC(F)F)C1. The molecular formula is C21H24F4N4O2. The molecule has 0 bridgehead atoms. The summed E-state index contributed by atoms with van der Waals surface area (Å²) in [4.78, 5) is 6.14. The van der Waals surface area contributed by atoms with Crippen LogP contribution in [0.2, 0.25) is 0 Å². The summed E-state index contributed by atoms with van der Waals surface area (Å²) in [5.74, 6) is 0.732. The molecule has 1 atom stereocenters. The van der Waals surface area contributed by atoms with Gasteiger partial charge in [-0.3, -0.25) is 4.99 Å². The van der Waals surface area contributed by atoms with Crippen LogP contribution in [-0.4, -0.2) is 45.4 Å². The summed E-state index contributed by atoms with van der Waals surface area (Å²) in [6.45, 7) is -4.33. The van der Waals surface area contributed by atoms with E-state index in [9.17, 15) is 17.6 Å². The number of ether oxygens (including phenoxy) is 2. The molecule has 6 nitrogen and oxygen atoms in total. The minimum Gasteiger partial charge on any atom is -0.434 e. The Morgan fingerprint density at radius 1 is 1.03 bits per heavy atom. The van der Waals surface area contributed by atoms with Crippen molar-refractivity contribution in [2.75, 3.05) is 25.0 Å². The van der Waals surface area contributed by atoms with Crippen LogP contribution >= 0.6 is 0 Å². The highest BCUT2D eigenvalue weighted by Gasteiger charge is 2.26. The van der Waals surface area contributed by atoms with Gasteiger partial charge in [-0.25, -0.2) is 0 Å². The Morgan fingerprint density at radius 3 is 2.39 bits per heavy atom. The number of hydrogen-bond acceptors (Lipinski definition) is 4. The van der Waals surface area contributed by atoms with Crippen LogP contribution in [0.15, 0.2) is 53.5 Å². The number of nitrogens with zero attached hydrogens (tertiary/aromatic N) is 2. The molecule has 1 fully saturated rings. The third kappa shape index (κ3) is 6.40. The number of rotatable bonds is 8. The van der Waals surface area contributed by atoms with E-state index in [4.69, 9.17) is 0 Å². The highest BCUT2D eigenvalue weighted by molar-refractivity contribution is 5.80. The summed E-state index contributed by atoms with van der Waals surface area (Å²) in [6.07, 6.45) is 0.759. The summed E-state index contributed by atoms with van der Waals surface area (Å²) in [6, 6.07) is 13.2. The van der Waals surface area contributed by atoms with E-state index < -0.39 is 13.2 Å². The molecule has 0 aliphatic carbocycles. The largest absolute Gasteiger partial charge is 0.434 e. The highest BCUT2D eigenvalue weighted by Crippen LogP contribution is 2.31. The van der Waals surface area contributed by atoms with Gasteiger partial charge in [0.15, 0.2) is 5.96 Å². The normalized spacial score (nSPS) is 16.7. The Kier molecular flexibility index (Phi) is 7.80. The lowest BCUT2D eigenvalue weighted by Gasteiger charge is -2.22. The average molecular weight is 440 g/mol. The van der Waals surface area contributed by atoms with Crippen LogP contribution in [-0.2, 0) is 6.54 Å². The number of aliphatic imine (C=N–C) groups is 1. The van der Waals surface area contributed by atoms with Gasteiger partial charge in [0.1, 0.15) is 11.5 Å². The Labute approximate surface area is 177 Å². The van der Waals surface area contributed by atoms with E-state index in [-0.39, 0.29) is 24.1 Å². The quantitative estimate of drug-likeness (QED) is 0.371. The number of benzene rings is 2. The maximum absolute atomic E-state index is 12.7. The molecule has 10 heteroatoms. The first kappa shape index (κ1) is 22.5. The van der Waals surface area contributed by atoms with Gasteiger partial charge >= 0.3 is 13.2 Å². The van der Waals surface area contributed by atoms with E-state index in [1.165, 1.54) is 12.1 Å². The molecule has 168 valence electrons. The number of para-hydroxylation sites is 3. The van der Waals surface area contributed by atoms with Crippen molar-refractivity contribution in [1.82, 2.24) is 10.6 Å². The second-order valence-corrected chi connectivity index (χ2v) is 6.83. The molecule has 3 rings (SSSR count). The fourth-order valence-electron chi connectivity index (χ4n) is 3.44. The molecule has 1 aliphatic heterocycles. The first-order valence-corrected chi connectivity index (χ1v) is 9.75. The van der Waals surface area contributed by atoms with Crippen molar-refractivity contribution in [3.05, 3.63) is 54.1 Å². The van der Waals surface area contributed by atoms with E-state index in [0.29, 0.717) is 30.3 Å². The fourth-order valence-corrected chi connectivity index (χ4v) is 3.44. The minimum atomic E-state index is -2.90. The van der Waals surface area contributed by atoms with Crippen molar-refractivity contribution in [1.29, 1.82) is 0 Å². The lowest BCUT2D eigenvalue weighted by atomic mass is 10.2. The predicted octanol–water partition coefficient (Wildman–Crippen LogP) is 3.83. The number of halogens is 4. The topological polar surface area (TPSA) is 58.1 Å². The van der Waals surface area contributed by atoms with Gasteiger partial charge < -0.3 is 25.0 Å². The maximum Gasteiger partial charge on any atom is 0.387 e. The summed E-state index contributed by atoms with van der Waals surface area (Å²) in [5.41, 5.74) is 1.17. The first-order valence-electron chi connectivity index (χ1n) is 9.75. The zero-order valence-electron chi connectivity index (χ0n) is 16.9. The Bertz CT molecular complexity index is 882. The van der Waals surface area contributed by atoms with Gasteiger partial charge in [0.05, 0.1) is 5.69 Å². The van der Waals surface area contributed by atoms with Gasteiger partial charge in [-0.05, 0) is 24.6 Å². The highest BCUT2D eigenvalue weighted by atomic mass is 19.3. The molecule has 0 spiro atoms. The van der Waals surface area contributed by atoms with E-state index >= 15 is 0 Å². The first-order chi connectivity index (χ1) is 15.0. The van der Waals surface area contributed by atoms with Crippen molar-refractivity contribution in [3.8, 4) is 11.5 Å². The van der Waals surface area contributed by atoms with Crippen LogP contribution in [0.25, 0.3) is 0 Å². The molecule has 1 heterocycles. The van der Waals surface area contributed by atoms with Crippen molar-refractivity contribution < 1.29 is 27.0 Å². The second-order valence-electron chi connectivity index (χ2n) is 6.83. The minimum absolute atomic E-state index is 0.0124. The number of guanidine groups is 1. The number of alkyl halides is 4. The van der Waals surface area contributed by atoms with Gasteiger partial charge in [0.2, 0.25) is 0 Å². The van der Waals surface area contributed by atoms with Crippen LogP contribution in [0, 0.1) is 0 Å². The Hall–Kier alpha value is -3.17. The van der Waals surface area contributed by atoms with Gasteiger partial charge in [0, 0.05) is 38.3 Å². The molecule has 1 unspecified atom stereocenters. The molecule has 2 aromatic rings. The van der Waals surface area contributed by atoms with Crippen molar-refractivity contribution in [2.45, 2.75) is 32.2 Å². The van der Waals surface area contributed by atoms with Crippen LogP contribution < -0.4 is 25.0 Å². The summed E-state index contributed by atoms with van der Waals surface area (Å²) in [7, 11) is 1.61. The van der Waals surface area contributed by atoms with Gasteiger partial charge in [0.25, 0.3) is 0 Å². The maximum atomic E-state index is 12.7. The van der Waals surface area contributed by atoms with Crippen LogP contribution in [0.4, 0.5) is 23.2 Å². The van der Waals surface area contributed by atoms with E-state index in [1.54, 1.807) is 43.4 Å². The molecule has 2 N–H and O–H groups in total. The van der Waals surface area contributed by atoms with Gasteiger partial charge in [-0.1, -0.05) is 30.3 Å². The molecule has 1 aliphatic rings. The third-order valence-electron chi connectivity index (χ3n) is 4.81. The van der Waals surface area contributed by atoms with E-state index in [0.717, 1.165) is 6.42 Å². The molecular weight excluding hydrogens is 416 g/mol. The molecule has 0 amide bonds. The lowest BCUT2D eigenvalue weighted by molar-refractivity contribution is -0.0508. The second kappa shape index (κ2) is 10.7. The number of hydrogen-bond donors (Lipinski definition) is 2. The zero-order valence-corrected chi connectivity index (χ0v) is 16.9. The van der Waals surface area contributed by atoms with Crippen LogP contribution in [0.5, 0.6) is 11.5 Å². The van der Waals surface area contributed by atoms with Gasteiger partial charge in [-0.15, -0.1) is 0 Å². The van der Waals surface area contributed by atoms with Gasteiger partial charge in [-0.2, -0.15) is 17.6 Å². The molecule has 0 radical (unpaired) electrons. The Balaban J connectivity index is 1.57. The smallest absolute Gasteiger partial charge is 0.387 e. The number of nitrogens with one attached hydrogen (secondary N) is 2. The summed E-state index contributed by atoms with van der Waals surface area (Å²) >= 11 is 0. The fraction of sp³-hybridized carbons (Fsp3) is 0.381. The van der Waals surface area contributed by atoms with E-state index in [2.05, 4.69) is 25.1 Å². The third-order valence-corrected chi connectivity index (χ3v) is 4.81. The van der Waals surface area contributed by atoms with E-state index in [1.807, 2.05) is 4.90 Å². The molecule has 2 aromatic carbocycles. The zero-order chi connectivity index (χ0) is 22.2. The summed E-state index contributed by atoms with van der Waals surface area (Å²) < 4.78 is 59.7. The Morgan fingerprint density at radius 2 is 1.68 bits per heavy atom. The standard InChI is InChI=1S/C21H24F4N4O2/c1-26-21(27-12-14-6-2-4-8-17(14)30-19(22)23)28-15-10-11-29(13-15)16-7-3-5-9-18(16)31-20(24)25/h2-9,15,19-20H,10-13H2,1H3,(H2,26,27,28). The molecule has 0 saturated carbocycles. The molecule has 0 aromatic heterocycles. The van der Waals surface area contributed by atoms with Crippen LogP contribution in [0.1, 0.15) is 12.0 Å². The number of anilines is 1. The van der Waals surface area contributed by atoms with Crippen LogP contribution in [0.3, 0.4) is 0 Å².